The van der Waals surface area contributed by atoms with Gasteiger partial charge in [0.2, 0.25) is 17.8 Å². The van der Waals surface area contributed by atoms with Crippen LogP contribution in [0.4, 0.5) is 11.9 Å². The monoisotopic (exact) mass is 371 g/mol. The van der Waals surface area contributed by atoms with Crippen LogP contribution < -0.4 is 10.2 Å². The van der Waals surface area contributed by atoms with Crippen molar-refractivity contribution in [2.45, 2.75) is 18.9 Å². The summed E-state index contributed by atoms with van der Waals surface area (Å²) in [5.41, 5.74) is 2.96. The molecule has 2 amide bonds. The molecule has 3 heterocycles. The number of nitrogens with zero attached hydrogens (tertiary/aromatic N) is 4. The largest absolute Gasteiger partial charge is 0.324 e. The number of anilines is 2. The Kier molecular flexibility index (Phi) is 3.79. The highest BCUT2D eigenvalue weighted by molar-refractivity contribution is 6.18. The highest BCUT2D eigenvalue weighted by Crippen LogP contribution is 2.34. The van der Waals surface area contributed by atoms with E-state index in [-0.39, 0.29) is 36.6 Å². The number of imide groups is 1. The normalized spacial score (nSPS) is 18.6. The zero-order valence-electron chi connectivity index (χ0n) is 14.9. The van der Waals surface area contributed by atoms with Crippen molar-refractivity contribution in [2.24, 2.45) is 0 Å². The topological polar surface area (TPSA) is 80.1 Å². The number of carbonyl (C=O) groups excluding carboxylic acids is 2. The number of carbonyl (C=O) groups is 2. The maximum absolute atomic E-state index is 12.1. The highest BCUT2D eigenvalue weighted by Gasteiger charge is 2.35. The third kappa shape index (κ3) is 2.68. The second-order valence-corrected chi connectivity index (χ2v) is 6.73. The SMILES string of the molecule is O=C1CCC(=O)N1c1nc2n(n1)[C@@H](c1ccccc1)C=C(c1ccccc1)N2. The number of amides is 2. The zero-order chi connectivity index (χ0) is 19.1. The van der Waals surface area contributed by atoms with E-state index in [1.165, 1.54) is 0 Å². The average molecular weight is 371 g/mol. The summed E-state index contributed by atoms with van der Waals surface area (Å²) in [5, 5.41) is 7.79. The molecule has 138 valence electrons. The Hall–Kier alpha value is -3.74. The summed E-state index contributed by atoms with van der Waals surface area (Å²) in [6.07, 6.45) is 2.47. The molecule has 7 heteroatoms. The van der Waals surface area contributed by atoms with E-state index in [9.17, 15) is 9.59 Å². The molecule has 5 rings (SSSR count). The summed E-state index contributed by atoms with van der Waals surface area (Å²) in [6, 6.07) is 19.7. The lowest BCUT2D eigenvalue weighted by Crippen LogP contribution is -2.29. The summed E-state index contributed by atoms with van der Waals surface area (Å²) >= 11 is 0. The maximum Gasteiger partial charge on any atom is 0.260 e. The Bertz CT molecular complexity index is 1070. The molecule has 7 nitrogen and oxygen atoms in total. The Morgan fingerprint density at radius 3 is 2.21 bits per heavy atom. The second kappa shape index (κ2) is 6.45. The van der Waals surface area contributed by atoms with E-state index in [2.05, 4.69) is 21.5 Å². The van der Waals surface area contributed by atoms with E-state index in [4.69, 9.17) is 0 Å². The average Bonchev–Trinajstić information content (AvgIpc) is 3.30. The third-order valence-corrected chi connectivity index (χ3v) is 4.93. The first kappa shape index (κ1) is 16.4. The predicted molar refractivity (Wildman–Crippen MR) is 104 cm³/mol. The molecule has 2 aliphatic heterocycles. The van der Waals surface area contributed by atoms with Crippen LogP contribution >= 0.6 is 0 Å². The van der Waals surface area contributed by atoms with Gasteiger partial charge >= 0.3 is 0 Å². The molecule has 0 saturated carbocycles. The number of rotatable bonds is 3. The fourth-order valence-electron chi connectivity index (χ4n) is 3.55. The lowest BCUT2D eigenvalue weighted by molar-refractivity contribution is -0.121. The minimum atomic E-state index is -0.263. The third-order valence-electron chi connectivity index (χ3n) is 4.93. The minimum Gasteiger partial charge on any atom is -0.324 e. The molecule has 1 atom stereocenters. The van der Waals surface area contributed by atoms with Crippen molar-refractivity contribution in [3.05, 3.63) is 77.9 Å². The van der Waals surface area contributed by atoms with Crippen molar-refractivity contribution in [3.63, 3.8) is 0 Å². The van der Waals surface area contributed by atoms with Gasteiger partial charge in [-0.25, -0.2) is 9.58 Å². The highest BCUT2D eigenvalue weighted by atomic mass is 16.2. The van der Waals surface area contributed by atoms with Gasteiger partial charge < -0.3 is 5.32 Å². The van der Waals surface area contributed by atoms with Crippen LogP contribution in [0.25, 0.3) is 5.70 Å². The zero-order valence-corrected chi connectivity index (χ0v) is 14.9. The Labute approximate surface area is 161 Å². The lowest BCUT2D eigenvalue weighted by atomic mass is 10.0. The van der Waals surface area contributed by atoms with Gasteiger partial charge in [0.25, 0.3) is 5.95 Å². The Morgan fingerprint density at radius 2 is 1.54 bits per heavy atom. The fourth-order valence-corrected chi connectivity index (χ4v) is 3.55. The molecule has 2 aliphatic rings. The number of hydrogen-bond donors (Lipinski definition) is 1. The summed E-state index contributed by atoms with van der Waals surface area (Å²) < 4.78 is 1.72. The first-order chi connectivity index (χ1) is 13.7. The summed E-state index contributed by atoms with van der Waals surface area (Å²) in [4.78, 5) is 29.8. The van der Waals surface area contributed by atoms with Crippen molar-refractivity contribution in [3.8, 4) is 0 Å². The van der Waals surface area contributed by atoms with Gasteiger partial charge in [-0.1, -0.05) is 60.7 Å². The quantitative estimate of drug-likeness (QED) is 0.716. The number of hydrogen-bond acceptors (Lipinski definition) is 5. The van der Waals surface area contributed by atoms with Gasteiger partial charge in [-0.05, 0) is 17.2 Å². The standard InChI is InChI=1S/C21H17N5O2/c27-18-11-12-19(28)25(18)21-23-20-22-16(14-7-3-1-4-8-14)13-17(26(20)24-21)15-9-5-2-6-10-15/h1-10,13,17H,11-12H2,(H,22,23,24)/t17-/m1/s1. The molecule has 1 fully saturated rings. The molecule has 28 heavy (non-hydrogen) atoms. The van der Waals surface area contributed by atoms with Crippen LogP contribution in [0.3, 0.4) is 0 Å². The molecule has 3 aromatic rings. The van der Waals surface area contributed by atoms with Crippen LogP contribution in [-0.4, -0.2) is 26.6 Å². The van der Waals surface area contributed by atoms with Crippen molar-refractivity contribution in [1.29, 1.82) is 0 Å². The van der Waals surface area contributed by atoms with E-state index in [1.54, 1.807) is 4.68 Å². The van der Waals surface area contributed by atoms with Gasteiger partial charge in [-0.2, -0.15) is 4.98 Å². The minimum absolute atomic E-state index is 0.124. The van der Waals surface area contributed by atoms with Crippen molar-refractivity contribution < 1.29 is 9.59 Å². The number of nitrogens with one attached hydrogen (secondary N) is 1. The van der Waals surface area contributed by atoms with E-state index in [0.717, 1.165) is 21.7 Å². The first-order valence-electron chi connectivity index (χ1n) is 9.12. The van der Waals surface area contributed by atoms with Gasteiger partial charge in [-0.15, -0.1) is 5.10 Å². The first-order valence-corrected chi connectivity index (χ1v) is 9.12. The molecule has 0 spiro atoms. The number of benzene rings is 2. The van der Waals surface area contributed by atoms with E-state index in [1.807, 2.05) is 60.7 Å². The molecular weight excluding hydrogens is 354 g/mol. The van der Waals surface area contributed by atoms with Gasteiger partial charge in [0.05, 0.1) is 0 Å². The number of fused-ring (bicyclic) bond motifs is 1. The molecule has 2 aromatic carbocycles. The Balaban J connectivity index is 1.62. The molecule has 0 radical (unpaired) electrons. The van der Waals surface area contributed by atoms with Crippen molar-refractivity contribution >= 4 is 29.4 Å². The molecule has 1 N–H and O–H groups in total. The van der Waals surface area contributed by atoms with Crippen molar-refractivity contribution in [1.82, 2.24) is 14.8 Å². The van der Waals surface area contributed by atoms with Crippen molar-refractivity contribution in [2.75, 3.05) is 10.2 Å². The second-order valence-electron chi connectivity index (χ2n) is 6.73. The lowest BCUT2D eigenvalue weighted by Gasteiger charge is -2.24. The van der Waals surface area contributed by atoms with Crippen LogP contribution in [-0.2, 0) is 9.59 Å². The summed E-state index contributed by atoms with van der Waals surface area (Å²) in [5.74, 6) is 0.0947. The Morgan fingerprint density at radius 1 is 0.893 bits per heavy atom. The van der Waals surface area contributed by atoms with Crippen LogP contribution in [0.5, 0.6) is 0 Å². The molecule has 1 aromatic heterocycles. The predicted octanol–water partition coefficient (Wildman–Crippen LogP) is 2.99. The fraction of sp³-hybridized carbons (Fsp3) is 0.143. The number of aromatic nitrogens is 3. The van der Waals surface area contributed by atoms with Gasteiger partial charge in [0, 0.05) is 18.5 Å². The van der Waals surface area contributed by atoms with Gasteiger partial charge in [0.15, 0.2) is 0 Å². The van der Waals surface area contributed by atoms with E-state index < -0.39 is 0 Å². The van der Waals surface area contributed by atoms with E-state index in [0.29, 0.717) is 5.95 Å². The van der Waals surface area contributed by atoms with Gasteiger partial charge in [-0.3, -0.25) is 9.59 Å². The number of allylic oxidation sites excluding steroid dienone is 1. The molecule has 0 bridgehead atoms. The van der Waals surface area contributed by atoms with Crippen LogP contribution in [0, 0.1) is 0 Å². The van der Waals surface area contributed by atoms with Crippen LogP contribution in [0.15, 0.2) is 66.7 Å². The molecule has 0 aliphatic carbocycles. The van der Waals surface area contributed by atoms with Crippen LogP contribution in [0.2, 0.25) is 0 Å². The summed E-state index contributed by atoms with van der Waals surface area (Å²) in [6.45, 7) is 0. The maximum atomic E-state index is 12.1. The van der Waals surface area contributed by atoms with Crippen LogP contribution in [0.1, 0.15) is 30.0 Å². The van der Waals surface area contributed by atoms with Gasteiger partial charge in [0.1, 0.15) is 6.04 Å². The molecular formula is C21H17N5O2. The summed E-state index contributed by atoms with van der Waals surface area (Å²) in [7, 11) is 0. The molecule has 0 unspecified atom stereocenters. The van der Waals surface area contributed by atoms with E-state index >= 15 is 0 Å². The molecule has 1 saturated heterocycles. The smallest absolute Gasteiger partial charge is 0.260 e.